The van der Waals surface area contributed by atoms with Crippen LogP contribution < -0.4 is 5.01 Å². The molecular formula is C22H22ClN3S. The number of nitrogens with zero attached hydrogens (tertiary/aromatic N) is 3. The highest BCUT2D eigenvalue weighted by atomic mass is 35.5. The minimum Gasteiger partial charge on any atom is -0.231 e. The van der Waals surface area contributed by atoms with E-state index < -0.39 is 0 Å². The van der Waals surface area contributed by atoms with Crippen molar-refractivity contribution in [3.63, 3.8) is 0 Å². The number of hydrogen-bond donors (Lipinski definition) is 0. The molecular weight excluding hydrogens is 374 g/mol. The van der Waals surface area contributed by atoms with E-state index in [1.807, 2.05) is 24.3 Å². The van der Waals surface area contributed by atoms with Gasteiger partial charge in [-0.25, -0.2) is 9.99 Å². The van der Waals surface area contributed by atoms with E-state index in [9.17, 15) is 0 Å². The molecule has 1 aliphatic heterocycles. The first kappa shape index (κ1) is 18.2. The van der Waals surface area contributed by atoms with Gasteiger partial charge >= 0.3 is 0 Å². The van der Waals surface area contributed by atoms with Crippen molar-refractivity contribution in [2.45, 2.75) is 39.2 Å². The number of hydrazone groups is 1. The monoisotopic (exact) mass is 395 g/mol. The largest absolute Gasteiger partial charge is 0.231 e. The van der Waals surface area contributed by atoms with E-state index in [4.69, 9.17) is 21.7 Å². The Balaban J connectivity index is 1.62. The number of benzene rings is 2. The molecule has 27 heavy (non-hydrogen) atoms. The summed E-state index contributed by atoms with van der Waals surface area (Å²) in [6.07, 6.45) is 0.927. The first-order valence-corrected chi connectivity index (χ1v) is 10.4. The van der Waals surface area contributed by atoms with E-state index >= 15 is 0 Å². The van der Waals surface area contributed by atoms with Crippen LogP contribution >= 0.6 is 22.9 Å². The van der Waals surface area contributed by atoms with E-state index in [0.717, 1.165) is 33.5 Å². The third-order valence-electron chi connectivity index (χ3n) is 4.88. The third-order valence-corrected chi connectivity index (χ3v) is 5.96. The van der Waals surface area contributed by atoms with Gasteiger partial charge in [0.25, 0.3) is 0 Å². The lowest BCUT2D eigenvalue weighted by Gasteiger charge is -2.21. The van der Waals surface area contributed by atoms with Crippen molar-refractivity contribution in [3.8, 4) is 11.3 Å². The molecule has 0 radical (unpaired) electrons. The van der Waals surface area contributed by atoms with Crippen LogP contribution in [0.4, 0.5) is 5.13 Å². The molecule has 0 N–H and O–H groups in total. The predicted octanol–water partition coefficient (Wildman–Crippen LogP) is 6.91. The lowest BCUT2D eigenvalue weighted by atomic mass is 9.97. The summed E-state index contributed by atoms with van der Waals surface area (Å²) in [7, 11) is 0. The fourth-order valence-electron chi connectivity index (χ4n) is 3.32. The second kappa shape index (κ2) is 7.45. The Kier molecular flexibility index (Phi) is 5.02. The molecule has 3 aromatic rings. The normalized spacial score (nSPS) is 16.9. The predicted molar refractivity (Wildman–Crippen MR) is 116 cm³/mol. The number of thiazole rings is 1. The highest BCUT2D eigenvalue weighted by Crippen LogP contribution is 2.38. The summed E-state index contributed by atoms with van der Waals surface area (Å²) in [5.74, 6) is 0.539. The van der Waals surface area contributed by atoms with Crippen LogP contribution in [-0.2, 0) is 0 Å². The Morgan fingerprint density at radius 1 is 1.07 bits per heavy atom. The van der Waals surface area contributed by atoms with Crippen molar-refractivity contribution < 1.29 is 0 Å². The Labute approximate surface area is 169 Å². The maximum atomic E-state index is 6.00. The van der Waals surface area contributed by atoms with Gasteiger partial charge in [-0.05, 0) is 36.1 Å². The van der Waals surface area contributed by atoms with Crippen molar-refractivity contribution in [1.82, 2.24) is 4.98 Å². The molecule has 3 nitrogen and oxygen atoms in total. The van der Waals surface area contributed by atoms with Crippen LogP contribution in [-0.4, -0.2) is 10.7 Å². The van der Waals surface area contributed by atoms with Crippen LogP contribution in [0.1, 0.15) is 50.3 Å². The van der Waals surface area contributed by atoms with Gasteiger partial charge in [0.15, 0.2) is 0 Å². The topological polar surface area (TPSA) is 28.5 Å². The highest BCUT2D eigenvalue weighted by molar-refractivity contribution is 7.14. The van der Waals surface area contributed by atoms with Gasteiger partial charge in [-0.15, -0.1) is 11.3 Å². The SMILES string of the molecule is CC1=NN(c2nc(-c3ccc(Cl)cc3)cs2)[C@@H](c2ccc(C(C)C)cc2)C1. The summed E-state index contributed by atoms with van der Waals surface area (Å²) in [6.45, 7) is 6.53. The zero-order valence-corrected chi connectivity index (χ0v) is 17.3. The van der Waals surface area contributed by atoms with Crippen LogP contribution in [0.5, 0.6) is 0 Å². The summed E-state index contributed by atoms with van der Waals surface area (Å²) < 4.78 is 0. The zero-order chi connectivity index (χ0) is 19.0. The van der Waals surface area contributed by atoms with Crippen LogP contribution in [0.25, 0.3) is 11.3 Å². The fraction of sp³-hybridized carbons (Fsp3) is 0.273. The Morgan fingerprint density at radius 3 is 2.44 bits per heavy atom. The van der Waals surface area contributed by atoms with Gasteiger partial charge in [-0.2, -0.15) is 5.10 Å². The van der Waals surface area contributed by atoms with E-state index in [1.165, 1.54) is 11.1 Å². The molecule has 0 unspecified atom stereocenters. The first-order chi connectivity index (χ1) is 13.0. The second-order valence-corrected chi connectivity index (χ2v) is 8.52. The first-order valence-electron chi connectivity index (χ1n) is 9.16. The van der Waals surface area contributed by atoms with Crippen LogP contribution in [0, 0.1) is 0 Å². The van der Waals surface area contributed by atoms with Gasteiger partial charge in [0, 0.05) is 28.1 Å². The van der Waals surface area contributed by atoms with Gasteiger partial charge in [0.1, 0.15) is 0 Å². The van der Waals surface area contributed by atoms with Crippen LogP contribution in [0.15, 0.2) is 59.0 Å². The van der Waals surface area contributed by atoms with Crippen molar-refractivity contribution in [2.24, 2.45) is 5.10 Å². The van der Waals surface area contributed by atoms with Gasteiger partial charge in [-0.3, -0.25) is 0 Å². The summed E-state index contributed by atoms with van der Waals surface area (Å²) in [5, 5.41) is 10.6. The lowest BCUT2D eigenvalue weighted by molar-refractivity contribution is 0.705. The number of rotatable bonds is 4. The van der Waals surface area contributed by atoms with Crippen molar-refractivity contribution in [2.75, 3.05) is 5.01 Å². The minimum atomic E-state index is 0.204. The molecule has 0 saturated carbocycles. The standard InChI is InChI=1S/C22H22ClN3S/c1-14(2)16-4-6-18(7-5-16)21-12-15(3)25-26(21)22-24-20(13-27-22)17-8-10-19(23)11-9-17/h4-11,13-14,21H,12H2,1-3H3/t21-/m1/s1. The molecule has 0 fully saturated rings. The molecule has 1 atom stereocenters. The Bertz CT molecular complexity index is 958. The highest BCUT2D eigenvalue weighted by Gasteiger charge is 2.29. The number of aromatic nitrogens is 1. The summed E-state index contributed by atoms with van der Waals surface area (Å²) >= 11 is 7.63. The second-order valence-electron chi connectivity index (χ2n) is 7.24. The maximum Gasteiger partial charge on any atom is 0.207 e. The molecule has 0 bridgehead atoms. The van der Waals surface area contributed by atoms with Gasteiger partial charge in [0.05, 0.1) is 11.7 Å². The smallest absolute Gasteiger partial charge is 0.207 e. The Morgan fingerprint density at radius 2 is 1.78 bits per heavy atom. The van der Waals surface area contributed by atoms with E-state index in [1.54, 1.807) is 11.3 Å². The maximum absolute atomic E-state index is 6.00. The molecule has 1 aliphatic rings. The molecule has 0 amide bonds. The average Bonchev–Trinajstić information content (AvgIpc) is 3.29. The third kappa shape index (κ3) is 3.78. The molecule has 2 heterocycles. The van der Waals surface area contributed by atoms with E-state index in [0.29, 0.717) is 5.92 Å². The van der Waals surface area contributed by atoms with Crippen LogP contribution in [0.3, 0.4) is 0 Å². The quantitative estimate of drug-likeness (QED) is 0.479. The van der Waals surface area contributed by atoms with Gasteiger partial charge < -0.3 is 0 Å². The van der Waals surface area contributed by atoms with Crippen molar-refractivity contribution in [3.05, 3.63) is 70.1 Å². The lowest BCUT2D eigenvalue weighted by Crippen LogP contribution is -2.18. The molecule has 0 saturated heterocycles. The Hall–Kier alpha value is -2.17. The summed E-state index contributed by atoms with van der Waals surface area (Å²) in [4.78, 5) is 4.84. The van der Waals surface area contributed by atoms with E-state index in [2.05, 4.69) is 55.4 Å². The van der Waals surface area contributed by atoms with E-state index in [-0.39, 0.29) is 6.04 Å². The molecule has 5 heteroatoms. The summed E-state index contributed by atoms with van der Waals surface area (Å²) in [6, 6.07) is 16.9. The molecule has 0 spiro atoms. The fourth-order valence-corrected chi connectivity index (χ4v) is 4.28. The average molecular weight is 396 g/mol. The summed E-state index contributed by atoms with van der Waals surface area (Å²) in [5.41, 5.74) is 5.81. The van der Waals surface area contributed by atoms with Crippen molar-refractivity contribution in [1.29, 1.82) is 0 Å². The van der Waals surface area contributed by atoms with Crippen LogP contribution in [0.2, 0.25) is 5.02 Å². The van der Waals surface area contributed by atoms with Gasteiger partial charge in [0.2, 0.25) is 5.13 Å². The minimum absolute atomic E-state index is 0.204. The molecule has 2 aromatic carbocycles. The van der Waals surface area contributed by atoms with Crippen molar-refractivity contribution >= 4 is 33.8 Å². The molecule has 0 aliphatic carbocycles. The zero-order valence-electron chi connectivity index (χ0n) is 15.7. The molecule has 138 valence electrons. The van der Waals surface area contributed by atoms with Gasteiger partial charge in [-0.1, -0.05) is 61.8 Å². The molecule has 4 rings (SSSR count). The number of halogens is 1. The molecule has 1 aromatic heterocycles. The number of anilines is 1. The number of hydrogen-bond acceptors (Lipinski definition) is 4.